The summed E-state index contributed by atoms with van der Waals surface area (Å²) < 4.78 is 25.7. The van der Waals surface area contributed by atoms with Crippen LogP contribution in [0.1, 0.15) is 96.3 Å². The summed E-state index contributed by atoms with van der Waals surface area (Å²) in [6, 6.07) is 0.307. The van der Waals surface area contributed by atoms with Crippen LogP contribution in [0.25, 0.3) is 0 Å². The Labute approximate surface area is 141 Å². The molecule has 0 aromatic carbocycles. The van der Waals surface area contributed by atoms with E-state index in [1.807, 2.05) is 0 Å². The Balaban J connectivity index is 1.61. The molecule has 0 spiro atoms. The maximum Gasteiger partial charge on any atom is 0.406 e. The lowest BCUT2D eigenvalue weighted by molar-refractivity contribution is 0.0714. The van der Waals surface area contributed by atoms with Gasteiger partial charge in [-0.1, -0.05) is 57.8 Å². The summed E-state index contributed by atoms with van der Waals surface area (Å²) >= 11 is 0. The van der Waals surface area contributed by atoms with Gasteiger partial charge in [0.25, 0.3) is 0 Å². The van der Waals surface area contributed by atoms with Crippen molar-refractivity contribution >= 4 is 7.75 Å². The van der Waals surface area contributed by atoms with Crippen molar-refractivity contribution in [1.82, 2.24) is 5.09 Å². The van der Waals surface area contributed by atoms with Crippen LogP contribution in [0.2, 0.25) is 0 Å². The van der Waals surface area contributed by atoms with Crippen molar-refractivity contribution in [3.63, 3.8) is 0 Å². The highest BCUT2D eigenvalue weighted by molar-refractivity contribution is 7.51. The topological polar surface area (TPSA) is 47.6 Å². The summed E-state index contributed by atoms with van der Waals surface area (Å²) in [5.41, 5.74) is 0. The molecule has 134 valence electrons. The van der Waals surface area contributed by atoms with Crippen molar-refractivity contribution in [2.45, 2.75) is 115 Å². The number of hydrogen-bond acceptors (Lipinski definition) is 3. The summed E-state index contributed by atoms with van der Waals surface area (Å²) in [5.74, 6) is 0. The largest absolute Gasteiger partial charge is 0.406 e. The molecule has 0 aliphatic heterocycles. The quantitative estimate of drug-likeness (QED) is 0.627. The fraction of sp³-hybridized carbons (Fsp3) is 1.00. The van der Waals surface area contributed by atoms with Gasteiger partial charge in [-0.15, -0.1) is 0 Å². The molecule has 0 heterocycles. The van der Waals surface area contributed by atoms with Crippen molar-refractivity contribution < 1.29 is 13.6 Å². The van der Waals surface area contributed by atoms with Crippen LogP contribution in [0.15, 0.2) is 0 Å². The van der Waals surface area contributed by atoms with Crippen LogP contribution in [0.3, 0.4) is 0 Å². The van der Waals surface area contributed by atoms with Gasteiger partial charge in [-0.3, -0.25) is 9.05 Å². The molecule has 3 saturated carbocycles. The van der Waals surface area contributed by atoms with Gasteiger partial charge >= 0.3 is 7.75 Å². The molecule has 5 heteroatoms. The van der Waals surface area contributed by atoms with Crippen LogP contribution in [-0.2, 0) is 13.6 Å². The summed E-state index contributed by atoms with van der Waals surface area (Å²) in [6.45, 7) is 0. The van der Waals surface area contributed by atoms with Crippen molar-refractivity contribution in [2.24, 2.45) is 0 Å². The second kappa shape index (κ2) is 8.99. The van der Waals surface area contributed by atoms with E-state index in [9.17, 15) is 4.57 Å². The highest BCUT2D eigenvalue weighted by Crippen LogP contribution is 2.51. The van der Waals surface area contributed by atoms with Crippen LogP contribution in [-0.4, -0.2) is 18.2 Å². The highest BCUT2D eigenvalue weighted by Gasteiger charge is 2.35. The summed E-state index contributed by atoms with van der Waals surface area (Å²) in [7, 11) is -3.17. The second-order valence-corrected chi connectivity index (χ2v) is 9.37. The molecule has 0 bridgehead atoms. The van der Waals surface area contributed by atoms with Crippen LogP contribution in [0.4, 0.5) is 0 Å². The molecule has 4 nitrogen and oxygen atoms in total. The average Bonchev–Trinajstić information content (AvgIpc) is 2.57. The molecule has 0 unspecified atom stereocenters. The fourth-order valence-corrected chi connectivity index (χ4v) is 6.36. The molecule has 23 heavy (non-hydrogen) atoms. The Morgan fingerprint density at radius 1 is 0.609 bits per heavy atom. The van der Waals surface area contributed by atoms with Gasteiger partial charge in [-0.05, 0) is 38.5 Å². The minimum atomic E-state index is -3.17. The standard InChI is InChI=1S/C18H34NO3P/c20-23(19-16-10-4-1-5-11-16,21-17-12-6-2-7-13-17)22-18-14-8-3-9-15-18/h16-18H,1-15H2,(H,19,20). The van der Waals surface area contributed by atoms with E-state index in [4.69, 9.17) is 9.05 Å². The summed E-state index contributed by atoms with van der Waals surface area (Å²) in [4.78, 5) is 0. The molecule has 0 aromatic rings. The Hall–Kier alpha value is 0.110. The van der Waals surface area contributed by atoms with E-state index in [0.29, 0.717) is 6.04 Å². The van der Waals surface area contributed by atoms with E-state index in [1.54, 1.807) is 0 Å². The van der Waals surface area contributed by atoms with Crippen molar-refractivity contribution in [2.75, 3.05) is 0 Å². The molecule has 0 atom stereocenters. The van der Waals surface area contributed by atoms with Gasteiger partial charge in [0.1, 0.15) is 0 Å². The lowest BCUT2D eigenvalue weighted by atomic mass is 9.96. The molecular formula is C18H34NO3P. The molecule has 3 aliphatic rings. The third-order valence-corrected chi connectivity index (χ3v) is 7.46. The van der Waals surface area contributed by atoms with Crippen LogP contribution < -0.4 is 5.09 Å². The molecule has 3 aliphatic carbocycles. The molecule has 3 rings (SSSR count). The van der Waals surface area contributed by atoms with Crippen molar-refractivity contribution in [3.8, 4) is 0 Å². The molecule has 3 fully saturated rings. The minimum Gasteiger partial charge on any atom is -0.293 e. The monoisotopic (exact) mass is 343 g/mol. The van der Waals surface area contributed by atoms with Gasteiger partial charge in [0.2, 0.25) is 0 Å². The maximum absolute atomic E-state index is 13.5. The molecule has 0 amide bonds. The lowest BCUT2D eigenvalue weighted by Crippen LogP contribution is -2.33. The van der Waals surface area contributed by atoms with Gasteiger partial charge in [0.15, 0.2) is 0 Å². The fourth-order valence-electron chi connectivity index (χ4n) is 4.27. The maximum atomic E-state index is 13.5. The van der Waals surface area contributed by atoms with E-state index in [1.165, 1.54) is 57.8 Å². The molecule has 0 radical (unpaired) electrons. The molecule has 0 saturated heterocycles. The first-order chi connectivity index (χ1) is 11.2. The SMILES string of the molecule is O=P(NC1CCCCC1)(OC1CCCCC1)OC1CCCCC1. The van der Waals surface area contributed by atoms with Gasteiger partial charge in [-0.25, -0.2) is 9.65 Å². The van der Waals surface area contributed by atoms with Crippen LogP contribution in [0, 0.1) is 0 Å². The first-order valence-electron chi connectivity index (χ1n) is 9.98. The van der Waals surface area contributed by atoms with Crippen molar-refractivity contribution in [1.29, 1.82) is 0 Å². The Morgan fingerprint density at radius 2 is 1.00 bits per heavy atom. The predicted molar refractivity (Wildman–Crippen MR) is 93.5 cm³/mol. The first-order valence-corrected chi connectivity index (χ1v) is 11.5. The van der Waals surface area contributed by atoms with E-state index in [0.717, 1.165) is 38.5 Å². The zero-order chi connectivity index (χ0) is 16.0. The number of rotatable bonds is 6. The van der Waals surface area contributed by atoms with Gasteiger partial charge < -0.3 is 0 Å². The van der Waals surface area contributed by atoms with E-state index in [2.05, 4.69) is 5.09 Å². The van der Waals surface area contributed by atoms with Crippen molar-refractivity contribution in [3.05, 3.63) is 0 Å². The number of hydrogen-bond donors (Lipinski definition) is 1. The third-order valence-electron chi connectivity index (χ3n) is 5.63. The molecule has 1 N–H and O–H groups in total. The zero-order valence-electron chi connectivity index (χ0n) is 14.5. The smallest absolute Gasteiger partial charge is 0.293 e. The van der Waals surface area contributed by atoms with E-state index >= 15 is 0 Å². The average molecular weight is 343 g/mol. The minimum absolute atomic E-state index is 0.120. The summed E-state index contributed by atoms with van der Waals surface area (Å²) in [6.07, 6.45) is 17.7. The normalized spacial score (nSPS) is 26.4. The van der Waals surface area contributed by atoms with Crippen LogP contribution >= 0.6 is 7.75 Å². The summed E-state index contributed by atoms with van der Waals surface area (Å²) in [5, 5.41) is 3.34. The Kier molecular flexibility index (Phi) is 7.00. The van der Waals surface area contributed by atoms with E-state index < -0.39 is 7.75 Å². The Morgan fingerprint density at radius 3 is 1.43 bits per heavy atom. The zero-order valence-corrected chi connectivity index (χ0v) is 15.4. The lowest BCUT2D eigenvalue weighted by Gasteiger charge is -2.34. The van der Waals surface area contributed by atoms with Gasteiger partial charge in [-0.2, -0.15) is 0 Å². The van der Waals surface area contributed by atoms with Crippen LogP contribution in [0.5, 0.6) is 0 Å². The second-order valence-electron chi connectivity index (χ2n) is 7.69. The highest BCUT2D eigenvalue weighted by atomic mass is 31.2. The van der Waals surface area contributed by atoms with Gasteiger partial charge in [0, 0.05) is 6.04 Å². The Bertz CT molecular complexity index is 329. The third kappa shape index (κ3) is 5.85. The van der Waals surface area contributed by atoms with E-state index in [-0.39, 0.29) is 12.2 Å². The predicted octanol–water partition coefficient (Wildman–Crippen LogP) is 5.72. The first kappa shape index (κ1) is 17.9. The molecule has 0 aromatic heterocycles. The molecular weight excluding hydrogens is 309 g/mol. The number of nitrogens with one attached hydrogen (secondary N) is 1. The van der Waals surface area contributed by atoms with Gasteiger partial charge in [0.05, 0.1) is 12.2 Å².